The number of halogens is 9. The Hall–Kier alpha value is -3.28. The van der Waals surface area contributed by atoms with Gasteiger partial charge in [0.15, 0.2) is 6.29 Å². The summed E-state index contributed by atoms with van der Waals surface area (Å²) in [4.78, 5) is 40.7. The quantitative estimate of drug-likeness (QED) is 0.218. The number of benzene rings is 1. The molecular weight excluding hydrogens is 667 g/mol. The van der Waals surface area contributed by atoms with Crippen LogP contribution in [0.15, 0.2) is 18.2 Å². The van der Waals surface area contributed by atoms with E-state index in [1.165, 1.54) is 0 Å². The second kappa shape index (κ2) is 13.9. The molecule has 0 aromatic heterocycles. The summed E-state index contributed by atoms with van der Waals surface area (Å²) in [5, 5.41) is 3.37. The minimum Gasteiger partial charge on any atom is -0.459 e. The number of piperazine rings is 1. The molecule has 1 amide bonds. The Balaban J connectivity index is 1.22. The minimum absolute atomic E-state index is 0.0224. The fraction of sp³-hybridized carbons (Fsp3) is 0.700. The Morgan fingerprint density at radius 3 is 2.10 bits per heavy atom. The van der Waals surface area contributed by atoms with Crippen molar-refractivity contribution in [1.82, 2.24) is 15.1 Å². The number of hydrogen-bond donors (Lipinski definition) is 1. The van der Waals surface area contributed by atoms with Gasteiger partial charge in [-0.25, -0.2) is 4.79 Å². The number of ether oxygens (including phenoxy) is 2. The molecule has 1 unspecified atom stereocenters. The number of hydrogen-bond acceptors (Lipinski definition) is 8. The van der Waals surface area contributed by atoms with Gasteiger partial charge in [0.2, 0.25) is 0 Å². The van der Waals surface area contributed by atoms with E-state index in [2.05, 4.69) is 10.1 Å². The van der Waals surface area contributed by atoms with Crippen molar-refractivity contribution in [1.29, 1.82) is 0 Å². The number of aldehydes is 1. The molecule has 0 bridgehead atoms. The largest absolute Gasteiger partial charge is 0.459 e. The number of carbonyl (C=O) groups is 3. The van der Waals surface area contributed by atoms with Crippen molar-refractivity contribution in [3.8, 4) is 0 Å². The molecule has 270 valence electrons. The van der Waals surface area contributed by atoms with E-state index in [4.69, 9.17) is 4.74 Å². The fourth-order valence-corrected chi connectivity index (χ4v) is 6.70. The third kappa shape index (κ3) is 9.45. The first-order valence-corrected chi connectivity index (χ1v) is 15.3. The van der Waals surface area contributed by atoms with Crippen molar-refractivity contribution >= 4 is 24.0 Å². The summed E-state index contributed by atoms with van der Waals surface area (Å²) < 4.78 is 126. The van der Waals surface area contributed by atoms with Crippen LogP contribution in [0.4, 0.5) is 50.0 Å². The number of nitrogens with zero attached hydrogens (tertiary/aromatic N) is 3. The zero-order valence-electron chi connectivity index (χ0n) is 26.2. The summed E-state index contributed by atoms with van der Waals surface area (Å²) >= 11 is 0. The zero-order chi connectivity index (χ0) is 35.7. The highest BCUT2D eigenvalue weighted by molar-refractivity contribution is 5.85. The number of amides is 1. The summed E-state index contributed by atoms with van der Waals surface area (Å²) in [5.41, 5.74) is -1.93. The average molecular weight is 705 g/mol. The molecule has 3 saturated heterocycles. The zero-order valence-corrected chi connectivity index (χ0v) is 26.2. The van der Waals surface area contributed by atoms with E-state index in [1.807, 2.05) is 0 Å². The van der Waals surface area contributed by atoms with Gasteiger partial charge in [0.25, 0.3) is 6.10 Å². The van der Waals surface area contributed by atoms with Crippen molar-refractivity contribution in [3.05, 3.63) is 29.3 Å². The van der Waals surface area contributed by atoms with E-state index >= 15 is 0 Å². The Labute approximate surface area is 270 Å². The number of esters is 1. The Bertz CT molecular complexity index is 1310. The third-order valence-electron chi connectivity index (χ3n) is 8.96. The third-order valence-corrected chi connectivity index (χ3v) is 8.96. The van der Waals surface area contributed by atoms with Crippen molar-refractivity contribution in [2.75, 3.05) is 57.3 Å². The summed E-state index contributed by atoms with van der Waals surface area (Å²) in [5.74, 6) is -0.473. The van der Waals surface area contributed by atoms with Gasteiger partial charge in [-0.15, -0.1) is 0 Å². The number of alkyl halides is 9. The summed E-state index contributed by atoms with van der Waals surface area (Å²) in [6.07, 6.45) is -20.0. The van der Waals surface area contributed by atoms with Crippen LogP contribution in [-0.2, 0) is 20.4 Å². The van der Waals surface area contributed by atoms with Gasteiger partial charge in [-0.2, -0.15) is 39.5 Å². The highest BCUT2D eigenvalue weighted by atomic mass is 19.4. The van der Waals surface area contributed by atoms with Gasteiger partial charge in [-0.05, 0) is 70.2 Å². The molecule has 1 aromatic rings. The lowest BCUT2D eigenvalue weighted by atomic mass is 9.81. The van der Waals surface area contributed by atoms with Gasteiger partial charge in [0, 0.05) is 56.1 Å². The molecule has 0 radical (unpaired) electrons. The molecule has 4 rings (SSSR count). The molecule has 1 atom stereocenters. The SMILES string of the molecule is CC(C)(CC1CNC2(CCN(C(=O)OC(C(F)(F)F)C(F)(F)F)CC2)C1)OC(=O)CN1CCN(c2cc(C(F)(F)F)ccc2C=O)CC1. The van der Waals surface area contributed by atoms with Crippen LogP contribution in [0.5, 0.6) is 0 Å². The van der Waals surface area contributed by atoms with Crippen molar-refractivity contribution in [2.24, 2.45) is 5.92 Å². The summed E-state index contributed by atoms with van der Waals surface area (Å²) in [6.45, 7) is 5.03. The van der Waals surface area contributed by atoms with Crippen LogP contribution in [0.3, 0.4) is 0 Å². The second-order valence-electron chi connectivity index (χ2n) is 13.2. The molecular formula is C30H37F9N4O5. The molecule has 48 heavy (non-hydrogen) atoms. The first kappa shape index (κ1) is 37.5. The monoisotopic (exact) mass is 704 g/mol. The van der Waals surface area contributed by atoms with E-state index in [9.17, 15) is 53.9 Å². The first-order valence-electron chi connectivity index (χ1n) is 15.3. The minimum atomic E-state index is -5.80. The van der Waals surface area contributed by atoms with Crippen molar-refractivity contribution < 1.29 is 63.4 Å². The van der Waals surface area contributed by atoms with Gasteiger partial charge in [0.05, 0.1) is 12.1 Å². The van der Waals surface area contributed by atoms with E-state index in [-0.39, 0.29) is 62.7 Å². The van der Waals surface area contributed by atoms with Crippen LogP contribution >= 0.6 is 0 Å². The highest BCUT2D eigenvalue weighted by Crippen LogP contribution is 2.40. The van der Waals surface area contributed by atoms with Gasteiger partial charge in [-0.1, -0.05) is 0 Å². The van der Waals surface area contributed by atoms with Crippen LogP contribution < -0.4 is 10.2 Å². The maximum Gasteiger partial charge on any atom is 0.434 e. The number of nitrogens with one attached hydrogen (secondary N) is 1. The molecule has 3 heterocycles. The summed E-state index contributed by atoms with van der Waals surface area (Å²) in [6, 6.07) is 2.93. The Morgan fingerprint density at radius 1 is 0.958 bits per heavy atom. The lowest BCUT2D eigenvalue weighted by Gasteiger charge is -2.40. The number of piperidine rings is 1. The average Bonchev–Trinajstić information content (AvgIpc) is 3.34. The van der Waals surface area contributed by atoms with Crippen molar-refractivity contribution in [2.45, 2.75) is 75.3 Å². The van der Waals surface area contributed by atoms with E-state index in [0.29, 0.717) is 38.8 Å². The van der Waals surface area contributed by atoms with Gasteiger partial charge in [-0.3, -0.25) is 14.5 Å². The predicted molar refractivity (Wildman–Crippen MR) is 152 cm³/mol. The topological polar surface area (TPSA) is 91.4 Å². The molecule has 3 aliphatic heterocycles. The van der Waals surface area contributed by atoms with Crippen LogP contribution in [-0.4, -0.2) is 110 Å². The molecule has 0 saturated carbocycles. The molecule has 3 fully saturated rings. The number of anilines is 1. The smallest absolute Gasteiger partial charge is 0.434 e. The maximum absolute atomic E-state index is 13.2. The Morgan fingerprint density at radius 2 is 1.56 bits per heavy atom. The second-order valence-corrected chi connectivity index (χ2v) is 13.2. The lowest BCUT2D eigenvalue weighted by Crippen LogP contribution is -2.53. The van der Waals surface area contributed by atoms with Gasteiger partial charge >= 0.3 is 30.6 Å². The number of carbonyl (C=O) groups excluding carboxylic acids is 3. The first-order chi connectivity index (χ1) is 22.1. The molecule has 1 spiro atoms. The Kier molecular flexibility index (Phi) is 10.9. The lowest BCUT2D eigenvalue weighted by molar-refractivity contribution is -0.308. The van der Waals surface area contributed by atoms with Crippen LogP contribution in [0.2, 0.25) is 0 Å². The van der Waals surface area contributed by atoms with E-state index in [1.54, 1.807) is 23.6 Å². The van der Waals surface area contributed by atoms with Gasteiger partial charge in [0.1, 0.15) is 5.60 Å². The van der Waals surface area contributed by atoms with E-state index < -0.39 is 53.4 Å². The molecule has 1 aromatic carbocycles. The highest BCUT2D eigenvalue weighted by Gasteiger charge is 2.60. The normalized spacial score (nSPS) is 21.1. The van der Waals surface area contributed by atoms with Crippen LogP contribution in [0.25, 0.3) is 0 Å². The number of likely N-dealkylation sites (tertiary alicyclic amines) is 1. The molecule has 3 aliphatic rings. The molecule has 18 heteroatoms. The molecule has 1 N–H and O–H groups in total. The van der Waals surface area contributed by atoms with Crippen molar-refractivity contribution in [3.63, 3.8) is 0 Å². The summed E-state index contributed by atoms with van der Waals surface area (Å²) in [7, 11) is 0. The standard InChI is InChI=1S/C30H37F9N4O5/c1-26(2,48-23(45)17-41-9-11-42(12-10-41)22-13-21(28(31,32)33)4-3-20(22)18-44)14-19-15-27(40-16-19)5-7-43(8-6-27)25(46)47-24(29(34,35)36)30(37,38)39/h3-4,13,18-19,24,40H,5-12,14-17H2,1-2H3. The molecule has 9 nitrogen and oxygen atoms in total. The number of rotatable bonds is 8. The molecule has 0 aliphatic carbocycles. The van der Waals surface area contributed by atoms with Crippen LogP contribution in [0.1, 0.15) is 55.5 Å². The maximum atomic E-state index is 13.2. The predicted octanol–water partition coefficient (Wildman–Crippen LogP) is 5.43. The van der Waals surface area contributed by atoms with Crippen LogP contribution in [0, 0.1) is 5.92 Å². The van der Waals surface area contributed by atoms with E-state index in [0.717, 1.165) is 23.1 Å². The fourth-order valence-electron chi connectivity index (χ4n) is 6.70. The van der Waals surface area contributed by atoms with Gasteiger partial charge < -0.3 is 24.6 Å².